The zero-order chi connectivity index (χ0) is 33.7. The molecule has 0 radical (unpaired) electrons. The summed E-state index contributed by atoms with van der Waals surface area (Å²) >= 11 is 0. The number of ketones is 1. The Bertz CT molecular complexity index is 1500. The van der Waals surface area contributed by atoms with Crippen LogP contribution in [-0.4, -0.2) is 37.9 Å². The van der Waals surface area contributed by atoms with Gasteiger partial charge in [-0.15, -0.1) is 0 Å². The second-order valence-corrected chi connectivity index (χ2v) is 6.28. The highest BCUT2D eigenvalue weighted by atomic mass is 16.5. The average Bonchev–Trinajstić information content (AvgIpc) is 3.27. The molecule has 2 aromatic rings. The Morgan fingerprint density at radius 2 is 1.82 bits per heavy atom. The van der Waals surface area contributed by atoms with Crippen LogP contribution in [0.5, 0.6) is 11.5 Å². The van der Waals surface area contributed by atoms with Crippen LogP contribution in [0, 0.1) is 11.8 Å². The van der Waals surface area contributed by atoms with Crippen molar-refractivity contribution in [3.05, 3.63) is 59.0 Å². The molecule has 148 valence electrons. The van der Waals surface area contributed by atoms with Crippen LogP contribution in [0.1, 0.15) is 62.6 Å². The normalized spacial score (nSPS) is 36.8. The molecule has 1 unspecified atom stereocenters. The number of ether oxygens (including phenoxy) is 2. The van der Waals surface area contributed by atoms with E-state index in [0.717, 1.165) is 0 Å². The topological polar surface area (TPSA) is 38.8 Å². The van der Waals surface area contributed by atoms with Crippen LogP contribution in [0.4, 0.5) is 0 Å². The maximum Gasteiger partial charge on any atom is 0.166 e. The zero-order valence-corrected chi connectivity index (χ0v) is 15.4. The number of benzene rings is 2. The molecule has 1 fully saturated rings. The molecule has 4 nitrogen and oxygen atoms in total. The molecule has 1 saturated heterocycles. The van der Waals surface area contributed by atoms with E-state index in [0.29, 0.717) is 0 Å². The van der Waals surface area contributed by atoms with Gasteiger partial charge in [0.15, 0.2) is 17.3 Å². The summed E-state index contributed by atoms with van der Waals surface area (Å²) < 4.78 is 146. The van der Waals surface area contributed by atoms with Crippen molar-refractivity contribution in [2.75, 3.05) is 27.2 Å². The minimum absolute atomic E-state index is 0.0111. The van der Waals surface area contributed by atoms with Gasteiger partial charge in [-0.3, -0.25) is 9.69 Å². The van der Waals surface area contributed by atoms with Gasteiger partial charge < -0.3 is 9.47 Å². The molecule has 1 atom stereocenters. The number of fused-ring (bicyclic) bond motifs is 1. The third kappa shape index (κ3) is 3.93. The molecule has 2 aromatic carbocycles. The molecule has 4 rings (SSSR count). The number of rotatable bonds is 6. The Hall–Kier alpha value is -2.33. The molecule has 0 saturated carbocycles. The average molecular weight is 396 g/mol. The summed E-state index contributed by atoms with van der Waals surface area (Å²) in [5.41, 5.74) is -0.868. The molecule has 0 amide bonds. The fourth-order valence-corrected chi connectivity index (χ4v) is 3.13. The Morgan fingerprint density at radius 3 is 2.50 bits per heavy atom. The second kappa shape index (κ2) is 8.36. The SMILES string of the molecule is [2H]c1c([2H])c([2H])c(CN2C([2H])([2H])C([2H])([2H])C([2H])(CC3Cc4c([2H])c(OC)c(OC)c([2H])c4C3=O)C([2H])([2H])C2([2H])[2H])c([2H])c1[2H]. The fourth-order valence-electron chi connectivity index (χ4n) is 3.13. The van der Waals surface area contributed by atoms with Gasteiger partial charge in [0.25, 0.3) is 0 Å². The van der Waals surface area contributed by atoms with Crippen molar-refractivity contribution in [1.29, 1.82) is 0 Å². The highest BCUT2D eigenvalue weighted by Crippen LogP contribution is 2.39. The van der Waals surface area contributed by atoms with Gasteiger partial charge in [0, 0.05) is 30.4 Å². The van der Waals surface area contributed by atoms with E-state index in [2.05, 4.69) is 0 Å². The van der Waals surface area contributed by atoms with Crippen molar-refractivity contribution in [1.82, 2.24) is 4.90 Å². The van der Waals surface area contributed by atoms with Crippen LogP contribution in [0.25, 0.3) is 0 Å². The van der Waals surface area contributed by atoms with E-state index in [-0.39, 0.29) is 40.0 Å². The van der Waals surface area contributed by atoms with E-state index in [9.17, 15) is 4.79 Å². The fraction of sp³-hybridized carbons (Fsp3) is 0.458. The summed E-state index contributed by atoms with van der Waals surface area (Å²) in [4.78, 5) is 13.6. The molecule has 4 heteroatoms. The summed E-state index contributed by atoms with van der Waals surface area (Å²) in [5.74, 6) is -5.96. The molecule has 1 heterocycles. The molecule has 0 spiro atoms. The van der Waals surface area contributed by atoms with E-state index in [1.807, 2.05) is 0 Å². The molecular weight excluding hydrogens is 350 g/mol. The van der Waals surface area contributed by atoms with Gasteiger partial charge in [-0.25, -0.2) is 0 Å². The van der Waals surface area contributed by atoms with Crippen LogP contribution >= 0.6 is 0 Å². The number of piperidine rings is 1. The van der Waals surface area contributed by atoms with Crippen molar-refractivity contribution in [2.45, 2.75) is 32.1 Å². The van der Waals surface area contributed by atoms with Crippen LogP contribution in [0.3, 0.4) is 0 Å². The lowest BCUT2D eigenvalue weighted by Crippen LogP contribution is -2.34. The van der Waals surface area contributed by atoms with Crippen molar-refractivity contribution < 1.29 is 36.2 Å². The first-order valence-electron chi connectivity index (χ1n) is 16.6. The Kier molecular flexibility index (Phi) is 2.34. The van der Waals surface area contributed by atoms with Crippen molar-refractivity contribution in [2.24, 2.45) is 11.8 Å². The predicted octanol–water partition coefficient (Wildman–Crippen LogP) is 4.36. The summed E-state index contributed by atoms with van der Waals surface area (Å²) in [7, 11) is 2.42. The van der Waals surface area contributed by atoms with E-state index >= 15 is 0 Å². The largest absolute Gasteiger partial charge is 0.493 e. The first-order chi connectivity index (χ1) is 20.0. The lowest BCUT2D eigenvalue weighted by atomic mass is 9.85. The number of methoxy groups -OCH3 is 2. The number of hydrogen-bond donors (Lipinski definition) is 0. The van der Waals surface area contributed by atoms with Gasteiger partial charge in [0.2, 0.25) is 0 Å². The molecule has 0 aromatic heterocycles. The molecule has 0 bridgehead atoms. The van der Waals surface area contributed by atoms with Gasteiger partial charge in [-0.2, -0.15) is 0 Å². The van der Waals surface area contributed by atoms with Crippen LogP contribution in [0.15, 0.2) is 42.3 Å². The lowest BCUT2D eigenvalue weighted by Gasteiger charge is -2.32. The van der Waals surface area contributed by atoms with E-state index in [1.54, 1.807) is 0 Å². The molecule has 0 N–H and O–H groups in total. The Morgan fingerprint density at radius 1 is 1.14 bits per heavy atom. The van der Waals surface area contributed by atoms with Gasteiger partial charge in [-0.1, -0.05) is 30.2 Å². The Labute approximate surface area is 189 Å². The maximum atomic E-state index is 13.6. The van der Waals surface area contributed by atoms with E-state index in [1.165, 1.54) is 14.2 Å². The summed E-state index contributed by atoms with van der Waals surface area (Å²) in [6.45, 7) is -8.22. The summed E-state index contributed by atoms with van der Waals surface area (Å²) in [6, 6.07) is -4.77. The van der Waals surface area contributed by atoms with Gasteiger partial charge in [0.1, 0.15) is 0 Å². The number of nitrogens with zero attached hydrogens (tertiary/aromatic N) is 1. The molecule has 2 aliphatic rings. The first kappa shape index (κ1) is 7.83. The third-order valence-corrected chi connectivity index (χ3v) is 4.49. The minimum Gasteiger partial charge on any atom is -0.493 e. The summed E-state index contributed by atoms with van der Waals surface area (Å²) in [5, 5.41) is 0. The van der Waals surface area contributed by atoms with Crippen molar-refractivity contribution in [3.8, 4) is 11.5 Å². The monoisotopic (exact) mass is 395 g/mol. The predicted molar refractivity (Wildman–Crippen MR) is 110 cm³/mol. The first-order valence-corrected chi connectivity index (χ1v) is 8.61. The van der Waals surface area contributed by atoms with E-state index < -0.39 is 98.1 Å². The van der Waals surface area contributed by atoms with Gasteiger partial charge >= 0.3 is 0 Å². The quantitative estimate of drug-likeness (QED) is 0.728. The third-order valence-electron chi connectivity index (χ3n) is 4.49. The summed E-state index contributed by atoms with van der Waals surface area (Å²) in [6.07, 6.45) is -8.57. The number of Topliss-reactive ketones (excluding diaryl/α,β-unsaturated/α-hetero) is 1. The molecule has 1 aliphatic carbocycles. The van der Waals surface area contributed by atoms with Crippen LogP contribution in [-0.2, 0) is 13.0 Å². The zero-order valence-electron chi connectivity index (χ0n) is 31.4. The number of carbonyl (C=O) groups excluding carboxylic acids is 1. The molecular formula is C24H29NO3. The molecule has 28 heavy (non-hydrogen) atoms. The van der Waals surface area contributed by atoms with Gasteiger partial charge in [-0.05, 0) is 67.7 Å². The second-order valence-electron chi connectivity index (χ2n) is 6.28. The van der Waals surface area contributed by atoms with Crippen LogP contribution in [0.2, 0.25) is 0 Å². The maximum absolute atomic E-state index is 13.6. The smallest absolute Gasteiger partial charge is 0.166 e. The van der Waals surface area contributed by atoms with Gasteiger partial charge in [0.05, 0.1) is 23.8 Å². The minimum atomic E-state index is -3.58. The Balaban J connectivity index is 1.83. The number of hydrogen-bond acceptors (Lipinski definition) is 4. The van der Waals surface area contributed by atoms with Crippen molar-refractivity contribution in [3.63, 3.8) is 0 Å². The highest BCUT2D eigenvalue weighted by Gasteiger charge is 2.34. The van der Waals surface area contributed by atoms with Crippen LogP contribution < -0.4 is 9.47 Å². The number of likely N-dealkylation sites (tertiary alicyclic amines) is 1. The molecule has 1 aliphatic heterocycles. The lowest BCUT2D eigenvalue weighted by molar-refractivity contribution is 0.0895. The van der Waals surface area contributed by atoms with Crippen molar-refractivity contribution >= 4 is 5.78 Å². The standard InChI is InChI=1S/C24H29NO3/c1-27-22-14-19-13-20(24(26)21(19)15-23(22)28-2)12-17-8-10-25(11-9-17)16-18-6-4-3-5-7-18/h3-7,14-15,17,20H,8-13,16H2,1-2H3/i3D,4D,5D,6D,7D,8D2,9D2,10D2,11D2,14D,15D,17D. The van der Waals surface area contributed by atoms with E-state index in [4.69, 9.17) is 31.4 Å². The highest BCUT2D eigenvalue weighted by molar-refractivity contribution is 6.02. The number of carbonyl (C=O) groups is 1.